The number of hydrogen-bond donors (Lipinski definition) is 1. The predicted octanol–water partition coefficient (Wildman–Crippen LogP) is 1.97. The third-order valence-corrected chi connectivity index (χ3v) is 1.08. The summed E-state index contributed by atoms with van der Waals surface area (Å²) in [6.07, 6.45) is -4.71. The zero-order chi connectivity index (χ0) is 9.19. The number of alkyl halides is 3. The second kappa shape index (κ2) is 2.92. The van der Waals surface area contributed by atoms with Crippen molar-refractivity contribution in [3.63, 3.8) is 0 Å². The van der Waals surface area contributed by atoms with Gasteiger partial charge in [-0.1, -0.05) is 6.07 Å². The summed E-state index contributed by atoms with van der Waals surface area (Å²) < 4.78 is 38.5. The molecule has 0 saturated carbocycles. The summed E-state index contributed by atoms with van der Waals surface area (Å²) in [7, 11) is 0. The molecule has 0 aromatic heterocycles. The van der Waals surface area contributed by atoms with Crippen LogP contribution in [0.4, 0.5) is 18.9 Å². The Morgan fingerprint density at radius 2 is 2.08 bits per heavy atom. The summed E-state index contributed by atoms with van der Waals surface area (Å²) in [5.74, 6) is -0.426. The number of benzene rings is 1. The number of nitrogen functional groups attached to an aromatic ring is 1. The maximum atomic E-state index is 11.6. The molecule has 1 aromatic rings. The van der Waals surface area contributed by atoms with E-state index in [9.17, 15) is 13.2 Å². The molecule has 0 amide bonds. The Hall–Kier alpha value is -1.39. The fourth-order valence-electron chi connectivity index (χ4n) is 0.640. The van der Waals surface area contributed by atoms with Crippen LogP contribution in [-0.4, -0.2) is 6.36 Å². The number of hydrogen-bond acceptors (Lipinski definition) is 2. The van der Waals surface area contributed by atoms with E-state index in [0.29, 0.717) is 0 Å². The second-order valence-corrected chi connectivity index (χ2v) is 2.01. The third kappa shape index (κ3) is 2.34. The van der Waals surface area contributed by atoms with Gasteiger partial charge in [-0.3, -0.25) is 0 Å². The Balaban J connectivity index is 2.83. The number of rotatable bonds is 1. The quantitative estimate of drug-likeness (QED) is 0.664. The first kappa shape index (κ1) is 8.70. The van der Waals surface area contributed by atoms with Gasteiger partial charge >= 0.3 is 6.36 Å². The molecule has 5 heteroatoms. The van der Waals surface area contributed by atoms with Crippen molar-refractivity contribution in [1.82, 2.24) is 0 Å². The molecular weight excluding hydrogens is 171 g/mol. The van der Waals surface area contributed by atoms with E-state index < -0.39 is 12.1 Å². The van der Waals surface area contributed by atoms with Crippen LogP contribution in [0.3, 0.4) is 0 Å². The molecule has 0 spiro atoms. The van der Waals surface area contributed by atoms with Crippen molar-refractivity contribution in [1.29, 1.82) is 0 Å². The Morgan fingerprint density at radius 3 is 2.58 bits per heavy atom. The van der Waals surface area contributed by atoms with E-state index in [1.807, 2.05) is 0 Å². The van der Waals surface area contributed by atoms with Gasteiger partial charge in [-0.2, -0.15) is 0 Å². The molecular formula is C7H5F3NO. The van der Waals surface area contributed by atoms with Crippen LogP contribution in [0.25, 0.3) is 0 Å². The average molecular weight is 176 g/mol. The van der Waals surface area contributed by atoms with Crippen LogP contribution in [0, 0.1) is 6.07 Å². The van der Waals surface area contributed by atoms with Gasteiger partial charge in [0.15, 0.2) is 5.75 Å². The molecule has 2 N–H and O–H groups in total. The summed E-state index contributed by atoms with van der Waals surface area (Å²) in [5.41, 5.74) is 5.12. The van der Waals surface area contributed by atoms with E-state index in [-0.39, 0.29) is 5.69 Å². The normalized spacial score (nSPS) is 11.2. The monoisotopic (exact) mass is 176 g/mol. The molecule has 0 aliphatic rings. The molecule has 12 heavy (non-hydrogen) atoms. The van der Waals surface area contributed by atoms with Crippen molar-refractivity contribution in [2.45, 2.75) is 6.36 Å². The minimum atomic E-state index is -4.71. The highest BCUT2D eigenvalue weighted by atomic mass is 19.4. The van der Waals surface area contributed by atoms with Gasteiger partial charge in [0.1, 0.15) is 0 Å². The molecule has 0 atom stereocenters. The first-order valence-electron chi connectivity index (χ1n) is 3.00. The molecule has 0 heterocycles. The van der Waals surface area contributed by atoms with E-state index in [1.165, 1.54) is 12.1 Å². The van der Waals surface area contributed by atoms with Crippen LogP contribution < -0.4 is 10.5 Å². The van der Waals surface area contributed by atoms with E-state index in [1.54, 1.807) is 0 Å². The lowest BCUT2D eigenvalue weighted by Crippen LogP contribution is -2.17. The van der Waals surface area contributed by atoms with Crippen molar-refractivity contribution in [2.75, 3.05) is 5.73 Å². The van der Waals surface area contributed by atoms with Crippen molar-refractivity contribution in [3.8, 4) is 5.75 Å². The lowest BCUT2D eigenvalue weighted by Gasteiger charge is -2.09. The van der Waals surface area contributed by atoms with E-state index in [2.05, 4.69) is 10.8 Å². The number of nitrogens with two attached hydrogens (primary N) is 1. The van der Waals surface area contributed by atoms with E-state index in [0.717, 1.165) is 6.07 Å². The summed E-state index contributed by atoms with van der Waals surface area (Å²) in [6, 6.07) is 6.13. The Labute approximate surface area is 66.7 Å². The highest BCUT2D eigenvalue weighted by molar-refractivity contribution is 5.51. The zero-order valence-electron chi connectivity index (χ0n) is 5.85. The van der Waals surface area contributed by atoms with Crippen LogP contribution in [0.15, 0.2) is 18.2 Å². The van der Waals surface area contributed by atoms with Crippen molar-refractivity contribution in [3.05, 3.63) is 24.3 Å². The molecule has 0 fully saturated rings. The lowest BCUT2D eigenvalue weighted by atomic mass is 10.3. The van der Waals surface area contributed by atoms with Crippen molar-refractivity contribution >= 4 is 5.69 Å². The van der Waals surface area contributed by atoms with Crippen LogP contribution >= 0.6 is 0 Å². The minimum Gasteiger partial charge on any atom is -0.404 e. The number of anilines is 1. The van der Waals surface area contributed by atoms with Gasteiger partial charge in [-0.05, 0) is 18.2 Å². The SMILES string of the molecule is Nc1cc[c]cc1OC(F)(F)F. The lowest BCUT2D eigenvalue weighted by molar-refractivity contribution is -0.274. The van der Waals surface area contributed by atoms with E-state index >= 15 is 0 Å². The van der Waals surface area contributed by atoms with Gasteiger partial charge in [-0.25, -0.2) is 0 Å². The summed E-state index contributed by atoms with van der Waals surface area (Å²) in [6.45, 7) is 0. The zero-order valence-corrected chi connectivity index (χ0v) is 5.85. The van der Waals surface area contributed by atoms with Crippen LogP contribution in [0.5, 0.6) is 5.75 Å². The molecule has 1 aromatic carbocycles. The molecule has 1 radical (unpaired) electrons. The highest BCUT2D eigenvalue weighted by Crippen LogP contribution is 2.27. The fraction of sp³-hybridized carbons (Fsp3) is 0.143. The number of ether oxygens (including phenoxy) is 1. The molecule has 0 aliphatic heterocycles. The smallest absolute Gasteiger partial charge is 0.404 e. The van der Waals surface area contributed by atoms with Crippen LogP contribution in [0.1, 0.15) is 0 Å². The summed E-state index contributed by atoms with van der Waals surface area (Å²) >= 11 is 0. The second-order valence-electron chi connectivity index (χ2n) is 2.01. The van der Waals surface area contributed by atoms with Crippen molar-refractivity contribution < 1.29 is 17.9 Å². The van der Waals surface area contributed by atoms with Crippen molar-refractivity contribution in [2.24, 2.45) is 0 Å². The maximum Gasteiger partial charge on any atom is 0.573 e. The third-order valence-electron chi connectivity index (χ3n) is 1.08. The molecule has 2 nitrogen and oxygen atoms in total. The summed E-state index contributed by atoms with van der Waals surface area (Å²) in [5, 5.41) is 0. The first-order chi connectivity index (χ1) is 5.49. The molecule has 0 bridgehead atoms. The Kier molecular flexibility index (Phi) is 2.12. The van der Waals surface area contributed by atoms with Crippen LogP contribution in [0.2, 0.25) is 0 Å². The van der Waals surface area contributed by atoms with Gasteiger partial charge in [0.2, 0.25) is 0 Å². The standard InChI is InChI=1S/C7H5F3NO/c8-7(9,10)12-6-4-2-1-3-5(6)11/h1,3-4H,11H2. The Morgan fingerprint density at radius 1 is 1.42 bits per heavy atom. The van der Waals surface area contributed by atoms with Gasteiger partial charge < -0.3 is 10.5 Å². The summed E-state index contributed by atoms with van der Waals surface area (Å²) in [4.78, 5) is 0. The van der Waals surface area contributed by atoms with Gasteiger partial charge in [0.05, 0.1) is 5.69 Å². The first-order valence-corrected chi connectivity index (χ1v) is 3.00. The minimum absolute atomic E-state index is 0.0638. The van der Waals surface area contributed by atoms with E-state index in [4.69, 9.17) is 5.73 Å². The largest absolute Gasteiger partial charge is 0.573 e. The van der Waals surface area contributed by atoms with Gasteiger partial charge in [-0.15, -0.1) is 13.2 Å². The molecule has 65 valence electrons. The average Bonchev–Trinajstić information content (AvgIpc) is 1.91. The molecule has 1 rings (SSSR count). The molecule has 0 saturated heterocycles. The molecule has 0 unspecified atom stereocenters. The van der Waals surface area contributed by atoms with Gasteiger partial charge in [0.25, 0.3) is 0 Å². The van der Waals surface area contributed by atoms with Crippen LogP contribution in [-0.2, 0) is 0 Å². The highest BCUT2D eigenvalue weighted by Gasteiger charge is 2.31. The topological polar surface area (TPSA) is 35.2 Å². The number of halogens is 3. The Bertz CT molecular complexity index is 272. The molecule has 0 aliphatic carbocycles. The fourth-order valence-corrected chi connectivity index (χ4v) is 0.640. The maximum absolute atomic E-state index is 11.6. The van der Waals surface area contributed by atoms with Gasteiger partial charge in [0, 0.05) is 0 Å². The predicted molar refractivity (Wildman–Crippen MR) is 36.4 cm³/mol.